The number of rotatable bonds is 6. The van der Waals surface area contributed by atoms with Crippen LogP contribution in [0.2, 0.25) is 0 Å². The molecule has 0 radical (unpaired) electrons. The molecule has 0 aliphatic rings. The Morgan fingerprint density at radius 2 is 2.00 bits per heavy atom. The second-order valence-corrected chi connectivity index (χ2v) is 4.32. The van der Waals surface area contributed by atoms with Crippen molar-refractivity contribution in [1.82, 2.24) is 4.90 Å². The van der Waals surface area contributed by atoms with Crippen LogP contribution in [0.4, 0.5) is 0 Å². The van der Waals surface area contributed by atoms with Crippen molar-refractivity contribution in [2.45, 2.75) is 19.8 Å². The molecule has 0 atom stereocenters. The Hall–Kier alpha value is -1.03. The predicted molar refractivity (Wildman–Crippen MR) is 72.7 cm³/mol. The van der Waals surface area contributed by atoms with Crippen LogP contribution in [0.25, 0.3) is 0 Å². The van der Waals surface area contributed by atoms with Crippen molar-refractivity contribution in [3.8, 4) is 5.75 Å². The SMILES string of the molecule is CCCCN(C)C(=O)c1ccc(OCBr)cc1. The summed E-state index contributed by atoms with van der Waals surface area (Å²) in [7, 11) is 1.83. The summed E-state index contributed by atoms with van der Waals surface area (Å²) in [5, 5.41) is 0. The van der Waals surface area contributed by atoms with Gasteiger partial charge in [-0.15, -0.1) is 0 Å². The molecule has 0 aromatic heterocycles. The molecule has 4 heteroatoms. The van der Waals surface area contributed by atoms with E-state index in [1.165, 1.54) is 0 Å². The van der Waals surface area contributed by atoms with Crippen molar-refractivity contribution in [2.75, 3.05) is 19.1 Å². The third-order valence-corrected chi connectivity index (χ3v) is 2.75. The molecule has 0 bridgehead atoms. The summed E-state index contributed by atoms with van der Waals surface area (Å²) in [5.41, 5.74) is 1.15. The van der Waals surface area contributed by atoms with E-state index < -0.39 is 0 Å². The third kappa shape index (κ3) is 4.38. The summed E-state index contributed by atoms with van der Waals surface area (Å²) in [6.45, 7) is 2.92. The summed E-state index contributed by atoms with van der Waals surface area (Å²) < 4.78 is 5.26. The van der Waals surface area contributed by atoms with Gasteiger partial charge in [-0.1, -0.05) is 13.3 Å². The molecule has 0 saturated heterocycles. The fourth-order valence-electron chi connectivity index (χ4n) is 1.47. The second kappa shape index (κ2) is 7.33. The van der Waals surface area contributed by atoms with E-state index in [4.69, 9.17) is 4.74 Å². The van der Waals surface area contributed by atoms with Gasteiger partial charge >= 0.3 is 0 Å². The standard InChI is InChI=1S/C13H18BrNO2/c1-3-4-9-15(2)13(16)11-5-7-12(8-6-11)17-10-14/h5-8H,3-4,9-10H2,1-2H3. The van der Waals surface area contributed by atoms with Gasteiger partial charge in [-0.05, 0) is 46.6 Å². The number of amides is 1. The molecule has 0 unspecified atom stereocenters. The minimum Gasteiger partial charge on any atom is -0.482 e. The Bertz CT molecular complexity index is 351. The monoisotopic (exact) mass is 299 g/mol. The van der Waals surface area contributed by atoms with Gasteiger partial charge in [0.05, 0.1) is 0 Å². The number of alkyl halides is 1. The van der Waals surface area contributed by atoms with Crippen LogP contribution in [0.15, 0.2) is 24.3 Å². The average molecular weight is 300 g/mol. The number of unbranched alkanes of at least 4 members (excludes halogenated alkanes) is 1. The molecule has 1 aromatic rings. The van der Waals surface area contributed by atoms with Gasteiger partial charge in [-0.2, -0.15) is 0 Å². The Labute approximate surface area is 111 Å². The zero-order chi connectivity index (χ0) is 12.7. The summed E-state index contributed by atoms with van der Waals surface area (Å²) in [6, 6.07) is 7.20. The van der Waals surface area contributed by atoms with Crippen LogP contribution in [-0.4, -0.2) is 29.9 Å². The highest BCUT2D eigenvalue weighted by Gasteiger charge is 2.10. The number of hydrogen-bond donors (Lipinski definition) is 0. The molecule has 0 fully saturated rings. The number of halogens is 1. The lowest BCUT2D eigenvalue weighted by atomic mass is 10.2. The fourth-order valence-corrected chi connectivity index (χ4v) is 1.74. The molecule has 1 amide bonds. The Balaban J connectivity index is 2.62. The quantitative estimate of drug-likeness (QED) is 0.755. The zero-order valence-electron chi connectivity index (χ0n) is 10.3. The van der Waals surface area contributed by atoms with E-state index in [0.29, 0.717) is 11.1 Å². The largest absolute Gasteiger partial charge is 0.482 e. The van der Waals surface area contributed by atoms with Crippen molar-refractivity contribution in [3.05, 3.63) is 29.8 Å². The molecule has 0 spiro atoms. The lowest BCUT2D eigenvalue weighted by Gasteiger charge is -2.16. The van der Waals surface area contributed by atoms with E-state index in [1.807, 2.05) is 19.2 Å². The van der Waals surface area contributed by atoms with Crippen molar-refractivity contribution in [2.24, 2.45) is 0 Å². The average Bonchev–Trinajstić information content (AvgIpc) is 2.36. The van der Waals surface area contributed by atoms with E-state index in [9.17, 15) is 4.79 Å². The van der Waals surface area contributed by atoms with Gasteiger partial charge in [-0.3, -0.25) is 4.79 Å². The molecule has 3 nitrogen and oxygen atoms in total. The molecule has 0 N–H and O–H groups in total. The maximum atomic E-state index is 12.0. The van der Waals surface area contributed by atoms with E-state index in [2.05, 4.69) is 22.9 Å². The van der Waals surface area contributed by atoms with Crippen molar-refractivity contribution < 1.29 is 9.53 Å². The van der Waals surface area contributed by atoms with Crippen LogP contribution in [0.3, 0.4) is 0 Å². The van der Waals surface area contributed by atoms with Gasteiger partial charge in [0.15, 0.2) is 0 Å². The predicted octanol–water partition coefficient (Wildman–Crippen LogP) is 3.29. The lowest BCUT2D eigenvalue weighted by Crippen LogP contribution is -2.27. The van der Waals surface area contributed by atoms with Gasteiger partial charge in [0.1, 0.15) is 11.3 Å². The van der Waals surface area contributed by atoms with Crippen LogP contribution in [0.1, 0.15) is 30.1 Å². The van der Waals surface area contributed by atoms with Crippen molar-refractivity contribution in [3.63, 3.8) is 0 Å². The van der Waals surface area contributed by atoms with E-state index in [0.717, 1.165) is 25.1 Å². The maximum absolute atomic E-state index is 12.0. The van der Waals surface area contributed by atoms with Crippen LogP contribution < -0.4 is 4.74 Å². The maximum Gasteiger partial charge on any atom is 0.253 e. The zero-order valence-corrected chi connectivity index (χ0v) is 11.9. The second-order valence-electron chi connectivity index (χ2n) is 3.86. The highest BCUT2D eigenvalue weighted by Crippen LogP contribution is 2.14. The van der Waals surface area contributed by atoms with Gasteiger partial charge in [0.25, 0.3) is 5.91 Å². The van der Waals surface area contributed by atoms with Crippen LogP contribution in [0.5, 0.6) is 5.75 Å². The Morgan fingerprint density at radius 1 is 1.35 bits per heavy atom. The summed E-state index contributed by atoms with van der Waals surface area (Å²) in [4.78, 5) is 13.7. The van der Waals surface area contributed by atoms with Crippen LogP contribution in [0, 0.1) is 0 Å². The first-order valence-electron chi connectivity index (χ1n) is 5.73. The molecule has 17 heavy (non-hydrogen) atoms. The summed E-state index contributed by atoms with van der Waals surface area (Å²) in [5.74, 6) is 0.818. The molecule has 0 aliphatic carbocycles. The Kier molecular flexibility index (Phi) is 6.05. The molecule has 0 aliphatic heterocycles. The van der Waals surface area contributed by atoms with E-state index >= 15 is 0 Å². The summed E-state index contributed by atoms with van der Waals surface area (Å²) >= 11 is 3.19. The number of carbonyl (C=O) groups is 1. The normalized spacial score (nSPS) is 10.1. The first-order valence-corrected chi connectivity index (χ1v) is 6.85. The minimum absolute atomic E-state index is 0.0591. The van der Waals surface area contributed by atoms with Gasteiger partial charge in [0, 0.05) is 19.2 Å². The summed E-state index contributed by atoms with van der Waals surface area (Å²) in [6.07, 6.45) is 2.13. The highest BCUT2D eigenvalue weighted by atomic mass is 79.9. The smallest absolute Gasteiger partial charge is 0.253 e. The van der Waals surface area contributed by atoms with Crippen LogP contribution >= 0.6 is 15.9 Å². The molecule has 0 saturated carbocycles. The fraction of sp³-hybridized carbons (Fsp3) is 0.462. The number of ether oxygens (including phenoxy) is 1. The third-order valence-electron chi connectivity index (χ3n) is 2.52. The topological polar surface area (TPSA) is 29.5 Å². The molecular weight excluding hydrogens is 282 g/mol. The van der Waals surface area contributed by atoms with Crippen molar-refractivity contribution in [1.29, 1.82) is 0 Å². The van der Waals surface area contributed by atoms with E-state index in [1.54, 1.807) is 17.0 Å². The number of benzene rings is 1. The highest BCUT2D eigenvalue weighted by molar-refractivity contribution is 9.09. The van der Waals surface area contributed by atoms with Gasteiger partial charge < -0.3 is 9.64 Å². The van der Waals surface area contributed by atoms with Gasteiger partial charge in [0.2, 0.25) is 0 Å². The molecular formula is C13H18BrNO2. The minimum atomic E-state index is 0.0591. The molecule has 94 valence electrons. The first-order chi connectivity index (χ1) is 8.19. The number of nitrogens with zero attached hydrogens (tertiary/aromatic N) is 1. The van der Waals surface area contributed by atoms with Crippen molar-refractivity contribution >= 4 is 21.8 Å². The number of hydrogen-bond acceptors (Lipinski definition) is 2. The Morgan fingerprint density at radius 3 is 2.53 bits per heavy atom. The first kappa shape index (κ1) is 14.0. The molecule has 1 rings (SSSR count). The van der Waals surface area contributed by atoms with E-state index in [-0.39, 0.29) is 5.91 Å². The molecule has 1 aromatic carbocycles. The lowest BCUT2D eigenvalue weighted by molar-refractivity contribution is 0.0793. The molecule has 0 heterocycles. The number of carbonyl (C=O) groups excluding carboxylic acids is 1. The van der Waals surface area contributed by atoms with Crippen LogP contribution in [-0.2, 0) is 0 Å². The van der Waals surface area contributed by atoms with Gasteiger partial charge in [-0.25, -0.2) is 0 Å².